The van der Waals surface area contributed by atoms with Crippen molar-refractivity contribution >= 4 is 29.2 Å². The third-order valence-electron chi connectivity index (χ3n) is 5.04. The summed E-state index contributed by atoms with van der Waals surface area (Å²) in [7, 11) is 0. The van der Waals surface area contributed by atoms with Gasteiger partial charge in [-0.15, -0.1) is 0 Å². The molecular weight excluding hydrogens is 424 g/mol. The molecule has 1 aromatic heterocycles. The molecule has 0 radical (unpaired) electrons. The van der Waals surface area contributed by atoms with Gasteiger partial charge in [0.15, 0.2) is 0 Å². The van der Waals surface area contributed by atoms with Crippen LogP contribution in [-0.4, -0.2) is 50.9 Å². The Kier molecular flexibility index (Phi) is 6.55. The maximum atomic E-state index is 13.2. The minimum Gasteiger partial charge on any atom is -0.368 e. The van der Waals surface area contributed by atoms with Gasteiger partial charge in [0.25, 0.3) is 0 Å². The zero-order valence-electron chi connectivity index (χ0n) is 16.7. The van der Waals surface area contributed by atoms with Gasteiger partial charge in [-0.25, -0.2) is 8.78 Å². The first-order valence-corrected chi connectivity index (χ1v) is 10.2. The lowest BCUT2D eigenvalue weighted by Gasteiger charge is -2.34. The molecule has 3 aromatic rings. The lowest BCUT2D eigenvalue weighted by molar-refractivity contribution is 0.120. The minimum atomic E-state index is -0.330. The molecule has 0 spiro atoms. The average molecular weight is 446 g/mol. The number of anilines is 3. The van der Waals surface area contributed by atoms with Crippen LogP contribution in [0.15, 0.2) is 42.5 Å². The van der Waals surface area contributed by atoms with Crippen LogP contribution in [0.1, 0.15) is 11.4 Å². The topological polar surface area (TPSA) is 83.2 Å². The van der Waals surface area contributed by atoms with Crippen molar-refractivity contribution in [2.45, 2.75) is 13.1 Å². The van der Waals surface area contributed by atoms with Crippen LogP contribution in [-0.2, 0) is 13.1 Å². The molecule has 0 atom stereocenters. The first-order valence-electron chi connectivity index (χ1n) is 9.86. The number of piperazine rings is 1. The van der Waals surface area contributed by atoms with E-state index in [1.165, 1.54) is 24.3 Å². The van der Waals surface area contributed by atoms with E-state index >= 15 is 0 Å². The van der Waals surface area contributed by atoms with E-state index in [9.17, 15) is 8.78 Å². The predicted octanol–water partition coefficient (Wildman–Crippen LogP) is 3.45. The first-order chi connectivity index (χ1) is 14.9. The molecule has 1 saturated heterocycles. The highest BCUT2D eigenvalue weighted by atomic mass is 35.5. The van der Waals surface area contributed by atoms with Crippen LogP contribution in [0.5, 0.6) is 0 Å². The fraction of sp³-hybridized carbons (Fsp3) is 0.286. The smallest absolute Gasteiger partial charge is 0.232 e. The van der Waals surface area contributed by atoms with Crippen LogP contribution in [0.4, 0.5) is 26.4 Å². The average Bonchev–Trinajstić information content (AvgIpc) is 2.73. The molecule has 10 heteroatoms. The van der Waals surface area contributed by atoms with Crippen molar-refractivity contribution in [3.8, 4) is 0 Å². The minimum absolute atomic E-state index is 0.124. The Labute approximate surface area is 183 Å². The Morgan fingerprint density at radius 2 is 1.52 bits per heavy atom. The van der Waals surface area contributed by atoms with E-state index in [1.807, 2.05) is 0 Å². The summed E-state index contributed by atoms with van der Waals surface area (Å²) in [5.74, 6) is 0.357. The summed E-state index contributed by atoms with van der Waals surface area (Å²) in [6.45, 7) is 4.55. The number of aromatic nitrogens is 3. The van der Waals surface area contributed by atoms with Gasteiger partial charge in [0, 0.05) is 43.4 Å². The van der Waals surface area contributed by atoms with Gasteiger partial charge in [0.1, 0.15) is 17.5 Å². The van der Waals surface area contributed by atoms with E-state index < -0.39 is 0 Å². The summed E-state index contributed by atoms with van der Waals surface area (Å²) in [6, 6.07) is 10.4. The molecule has 2 aromatic carbocycles. The normalized spacial score (nSPS) is 15.2. The number of benzene rings is 2. The fourth-order valence-electron chi connectivity index (χ4n) is 3.42. The zero-order valence-corrected chi connectivity index (χ0v) is 17.5. The summed E-state index contributed by atoms with van der Waals surface area (Å²) in [4.78, 5) is 17.3. The molecule has 0 unspecified atom stereocenters. The van der Waals surface area contributed by atoms with Gasteiger partial charge >= 0.3 is 0 Å². The van der Waals surface area contributed by atoms with Crippen molar-refractivity contribution in [1.29, 1.82) is 0 Å². The monoisotopic (exact) mass is 445 g/mol. The van der Waals surface area contributed by atoms with E-state index in [4.69, 9.17) is 17.3 Å². The molecule has 31 heavy (non-hydrogen) atoms. The highest BCUT2D eigenvalue weighted by molar-refractivity contribution is 6.31. The molecule has 7 nitrogen and oxygen atoms in total. The van der Waals surface area contributed by atoms with Crippen LogP contribution >= 0.6 is 11.6 Å². The SMILES string of the molecule is Nc1nc(CN2CCN(Cc3ccc(F)cc3Cl)CC2)nc(Nc2ccc(F)cc2)n1. The Balaban J connectivity index is 1.33. The Bertz CT molecular complexity index is 1040. The maximum Gasteiger partial charge on any atom is 0.232 e. The Morgan fingerprint density at radius 1 is 0.871 bits per heavy atom. The third kappa shape index (κ3) is 5.84. The quantitative estimate of drug-likeness (QED) is 0.601. The predicted molar refractivity (Wildman–Crippen MR) is 116 cm³/mol. The molecule has 4 rings (SSSR count). The van der Waals surface area contributed by atoms with Gasteiger partial charge in [-0.1, -0.05) is 17.7 Å². The van der Waals surface area contributed by atoms with Crippen molar-refractivity contribution in [3.63, 3.8) is 0 Å². The summed E-state index contributed by atoms with van der Waals surface area (Å²) in [6.07, 6.45) is 0. The third-order valence-corrected chi connectivity index (χ3v) is 5.39. The van der Waals surface area contributed by atoms with Crippen molar-refractivity contribution in [2.24, 2.45) is 0 Å². The van der Waals surface area contributed by atoms with Crippen LogP contribution in [0.2, 0.25) is 5.02 Å². The van der Waals surface area contributed by atoms with Crippen LogP contribution < -0.4 is 11.1 Å². The molecule has 0 amide bonds. The summed E-state index contributed by atoms with van der Waals surface area (Å²) in [5.41, 5.74) is 7.42. The van der Waals surface area contributed by atoms with E-state index in [2.05, 4.69) is 30.1 Å². The Hall–Kier alpha value is -2.88. The van der Waals surface area contributed by atoms with Gasteiger partial charge in [-0.05, 0) is 42.0 Å². The highest BCUT2D eigenvalue weighted by Crippen LogP contribution is 2.20. The molecule has 1 fully saturated rings. The number of nitrogens with two attached hydrogens (primary N) is 1. The molecule has 1 aliphatic heterocycles. The molecule has 1 aliphatic rings. The molecule has 3 N–H and O–H groups in total. The maximum absolute atomic E-state index is 13.2. The Morgan fingerprint density at radius 3 is 2.19 bits per heavy atom. The molecule has 0 aliphatic carbocycles. The number of halogens is 3. The molecular formula is C21H22ClF2N7. The molecule has 0 bridgehead atoms. The standard InChI is InChI=1S/C21H22ClF2N7/c22-18-11-16(24)2-1-14(18)12-30-7-9-31(10-8-30)13-19-27-20(25)29-21(28-19)26-17-5-3-15(23)4-6-17/h1-6,11H,7-10,12-13H2,(H3,25,26,27,28,29). The lowest BCUT2D eigenvalue weighted by Crippen LogP contribution is -2.45. The van der Waals surface area contributed by atoms with Crippen LogP contribution in [0.3, 0.4) is 0 Å². The summed E-state index contributed by atoms with van der Waals surface area (Å²) >= 11 is 6.14. The highest BCUT2D eigenvalue weighted by Gasteiger charge is 2.19. The largest absolute Gasteiger partial charge is 0.368 e. The number of rotatable bonds is 6. The number of nitrogens with zero attached hydrogens (tertiary/aromatic N) is 5. The molecule has 0 saturated carbocycles. The van der Waals surface area contributed by atoms with Gasteiger partial charge in [-0.2, -0.15) is 15.0 Å². The summed E-state index contributed by atoms with van der Waals surface area (Å²) in [5, 5.41) is 3.47. The second-order valence-electron chi connectivity index (χ2n) is 7.35. The van der Waals surface area contributed by atoms with Crippen LogP contribution in [0, 0.1) is 11.6 Å². The van der Waals surface area contributed by atoms with Crippen molar-refractivity contribution in [2.75, 3.05) is 37.2 Å². The zero-order chi connectivity index (χ0) is 21.8. The van der Waals surface area contributed by atoms with E-state index in [-0.39, 0.29) is 17.6 Å². The van der Waals surface area contributed by atoms with Gasteiger partial charge in [0.05, 0.1) is 6.54 Å². The summed E-state index contributed by atoms with van der Waals surface area (Å²) < 4.78 is 26.3. The second kappa shape index (κ2) is 9.51. The molecule has 2 heterocycles. The van der Waals surface area contributed by atoms with Gasteiger partial charge in [-0.3, -0.25) is 9.80 Å². The number of nitrogen functional groups attached to an aromatic ring is 1. The fourth-order valence-corrected chi connectivity index (χ4v) is 3.65. The second-order valence-corrected chi connectivity index (χ2v) is 7.76. The first kappa shape index (κ1) is 21.4. The van der Waals surface area contributed by atoms with E-state index in [0.717, 1.165) is 31.7 Å². The lowest BCUT2D eigenvalue weighted by atomic mass is 10.2. The number of hydrogen-bond acceptors (Lipinski definition) is 7. The van der Waals surface area contributed by atoms with Crippen molar-refractivity contribution in [3.05, 3.63) is 70.5 Å². The molecule has 162 valence electrons. The van der Waals surface area contributed by atoms with E-state index in [0.29, 0.717) is 35.6 Å². The van der Waals surface area contributed by atoms with Crippen molar-refractivity contribution < 1.29 is 8.78 Å². The van der Waals surface area contributed by atoms with Crippen LogP contribution in [0.25, 0.3) is 0 Å². The number of nitrogens with one attached hydrogen (secondary N) is 1. The van der Waals surface area contributed by atoms with Crippen molar-refractivity contribution in [1.82, 2.24) is 24.8 Å². The van der Waals surface area contributed by atoms with Gasteiger partial charge in [0.2, 0.25) is 11.9 Å². The van der Waals surface area contributed by atoms with Gasteiger partial charge < -0.3 is 11.1 Å². The number of hydrogen-bond donors (Lipinski definition) is 2. The van der Waals surface area contributed by atoms with E-state index in [1.54, 1.807) is 18.2 Å².